The maximum absolute atomic E-state index is 4.03. The van der Waals surface area contributed by atoms with Crippen LogP contribution in [0.2, 0.25) is 0 Å². The lowest BCUT2D eigenvalue weighted by Gasteiger charge is -1.98. The summed E-state index contributed by atoms with van der Waals surface area (Å²) in [7, 11) is 0. The Balaban J connectivity index is 0.000000531. The smallest absolute Gasteiger partial charge is 0.0929 e. The molecule has 0 aliphatic heterocycles. The second-order valence-corrected chi connectivity index (χ2v) is 2.97. The van der Waals surface area contributed by atoms with Crippen LogP contribution < -0.4 is 0 Å². The Labute approximate surface area is 91.0 Å². The van der Waals surface area contributed by atoms with Crippen molar-refractivity contribution in [3.63, 3.8) is 0 Å². The fourth-order valence-electron chi connectivity index (χ4n) is 1.18. The first-order valence-electron chi connectivity index (χ1n) is 5.21. The lowest BCUT2D eigenvalue weighted by Crippen LogP contribution is -1.85. The van der Waals surface area contributed by atoms with Gasteiger partial charge in [0.05, 0.1) is 5.69 Å². The van der Waals surface area contributed by atoms with E-state index in [0.29, 0.717) is 0 Å². The second kappa shape index (κ2) is 5.91. The van der Waals surface area contributed by atoms with Crippen molar-refractivity contribution in [1.29, 1.82) is 0 Å². The molecule has 0 amide bonds. The number of aryl methyl sites for hydroxylation is 1. The first-order valence-corrected chi connectivity index (χ1v) is 5.21. The molecule has 2 aromatic rings. The van der Waals surface area contributed by atoms with Crippen LogP contribution in [0.25, 0.3) is 11.3 Å². The van der Waals surface area contributed by atoms with Crippen molar-refractivity contribution in [2.24, 2.45) is 0 Å². The molecule has 2 nitrogen and oxygen atoms in total. The van der Waals surface area contributed by atoms with Crippen molar-refractivity contribution in [2.45, 2.75) is 20.8 Å². The Kier molecular flexibility index (Phi) is 4.48. The van der Waals surface area contributed by atoms with Gasteiger partial charge in [0.2, 0.25) is 0 Å². The van der Waals surface area contributed by atoms with Crippen LogP contribution in [0.15, 0.2) is 42.6 Å². The van der Waals surface area contributed by atoms with Crippen molar-refractivity contribution >= 4 is 0 Å². The highest BCUT2D eigenvalue weighted by Gasteiger charge is 1.96. The Morgan fingerprint density at radius 2 is 1.60 bits per heavy atom. The van der Waals surface area contributed by atoms with E-state index < -0.39 is 0 Å². The summed E-state index contributed by atoms with van der Waals surface area (Å²) in [5, 5.41) is 7.86. The van der Waals surface area contributed by atoms with Crippen molar-refractivity contribution in [2.75, 3.05) is 0 Å². The molecule has 0 unspecified atom stereocenters. The van der Waals surface area contributed by atoms with E-state index in [4.69, 9.17) is 0 Å². The third-order valence-corrected chi connectivity index (χ3v) is 1.92. The van der Waals surface area contributed by atoms with E-state index >= 15 is 0 Å². The van der Waals surface area contributed by atoms with E-state index in [1.807, 2.05) is 26.0 Å². The van der Waals surface area contributed by atoms with E-state index in [1.165, 1.54) is 5.56 Å². The lowest BCUT2D eigenvalue weighted by atomic mass is 10.1. The van der Waals surface area contributed by atoms with Gasteiger partial charge >= 0.3 is 0 Å². The van der Waals surface area contributed by atoms with Crippen LogP contribution in [-0.2, 0) is 0 Å². The molecule has 1 heterocycles. The maximum Gasteiger partial charge on any atom is 0.0929 e. The molecule has 15 heavy (non-hydrogen) atoms. The molecule has 0 aliphatic rings. The van der Waals surface area contributed by atoms with Crippen LogP contribution in [0.4, 0.5) is 0 Å². The van der Waals surface area contributed by atoms with Crippen molar-refractivity contribution in [3.8, 4) is 11.3 Å². The van der Waals surface area contributed by atoms with Crippen molar-refractivity contribution in [3.05, 3.63) is 48.2 Å². The maximum atomic E-state index is 4.03. The van der Waals surface area contributed by atoms with Crippen LogP contribution >= 0.6 is 0 Å². The molecule has 0 N–H and O–H groups in total. The van der Waals surface area contributed by atoms with Gasteiger partial charge in [-0.1, -0.05) is 43.7 Å². The molecule has 1 aromatic heterocycles. The zero-order valence-corrected chi connectivity index (χ0v) is 9.44. The number of hydrogen-bond acceptors (Lipinski definition) is 2. The lowest BCUT2D eigenvalue weighted by molar-refractivity contribution is 1.04. The van der Waals surface area contributed by atoms with Gasteiger partial charge in [0, 0.05) is 11.8 Å². The van der Waals surface area contributed by atoms with Gasteiger partial charge in [-0.2, -0.15) is 10.2 Å². The van der Waals surface area contributed by atoms with Gasteiger partial charge < -0.3 is 0 Å². The average Bonchev–Trinajstić information content (AvgIpc) is 2.34. The predicted molar refractivity (Wildman–Crippen MR) is 63.6 cm³/mol. The van der Waals surface area contributed by atoms with Gasteiger partial charge in [0.15, 0.2) is 0 Å². The minimum absolute atomic E-state index is 0.919. The van der Waals surface area contributed by atoms with Gasteiger partial charge in [0.25, 0.3) is 0 Å². The van der Waals surface area contributed by atoms with E-state index in [2.05, 4.69) is 41.4 Å². The normalized spacial score (nSPS) is 9.00. The number of hydrogen-bond donors (Lipinski definition) is 0. The highest BCUT2D eigenvalue weighted by atomic mass is 15.1. The van der Waals surface area contributed by atoms with Gasteiger partial charge in [-0.3, -0.25) is 0 Å². The highest BCUT2D eigenvalue weighted by molar-refractivity contribution is 5.58. The van der Waals surface area contributed by atoms with Crippen LogP contribution in [-0.4, -0.2) is 10.2 Å². The number of nitrogens with zero attached hydrogens (tertiary/aromatic N) is 2. The van der Waals surface area contributed by atoms with E-state index in [1.54, 1.807) is 6.20 Å². The summed E-state index contributed by atoms with van der Waals surface area (Å²) in [6, 6.07) is 12.1. The summed E-state index contributed by atoms with van der Waals surface area (Å²) >= 11 is 0. The topological polar surface area (TPSA) is 25.8 Å². The molecule has 0 saturated heterocycles. The number of aromatic nitrogens is 2. The van der Waals surface area contributed by atoms with Crippen LogP contribution in [0, 0.1) is 6.92 Å². The Morgan fingerprint density at radius 3 is 2.13 bits per heavy atom. The highest BCUT2D eigenvalue weighted by Crippen LogP contribution is 2.15. The first-order chi connectivity index (χ1) is 7.36. The molecule has 0 saturated carbocycles. The van der Waals surface area contributed by atoms with Gasteiger partial charge in [-0.25, -0.2) is 0 Å². The van der Waals surface area contributed by atoms with E-state index in [-0.39, 0.29) is 0 Å². The quantitative estimate of drug-likeness (QED) is 0.704. The fraction of sp³-hybridized carbons (Fsp3) is 0.231. The zero-order chi connectivity index (χ0) is 11.1. The molecule has 0 radical (unpaired) electrons. The summed E-state index contributed by atoms with van der Waals surface area (Å²) in [6.07, 6.45) is 1.68. The second-order valence-electron chi connectivity index (χ2n) is 2.97. The first kappa shape index (κ1) is 11.4. The molecule has 78 valence electrons. The molecule has 1 aromatic carbocycles. The average molecular weight is 200 g/mol. The molecule has 0 aliphatic carbocycles. The largest absolute Gasteiger partial charge is 0.159 e. The summed E-state index contributed by atoms with van der Waals surface area (Å²) in [6.45, 7) is 6.07. The zero-order valence-electron chi connectivity index (χ0n) is 9.44. The molecular formula is C13H16N2. The van der Waals surface area contributed by atoms with Gasteiger partial charge in [0.1, 0.15) is 0 Å². The van der Waals surface area contributed by atoms with Crippen LogP contribution in [0.1, 0.15) is 19.4 Å². The van der Waals surface area contributed by atoms with E-state index in [0.717, 1.165) is 11.3 Å². The Hall–Kier alpha value is -1.70. The summed E-state index contributed by atoms with van der Waals surface area (Å²) in [5.74, 6) is 0. The summed E-state index contributed by atoms with van der Waals surface area (Å²) in [4.78, 5) is 0. The summed E-state index contributed by atoms with van der Waals surface area (Å²) in [5.41, 5.74) is 3.29. The van der Waals surface area contributed by atoms with Gasteiger partial charge in [-0.05, 0) is 19.1 Å². The molecule has 0 spiro atoms. The SMILES string of the molecule is CC.Cc1ccc(-c2cccnn2)cc1. The van der Waals surface area contributed by atoms with Crippen molar-refractivity contribution < 1.29 is 0 Å². The number of rotatable bonds is 1. The predicted octanol–water partition coefficient (Wildman–Crippen LogP) is 3.48. The minimum atomic E-state index is 0.919. The monoisotopic (exact) mass is 200 g/mol. The molecular weight excluding hydrogens is 184 g/mol. The summed E-state index contributed by atoms with van der Waals surface area (Å²) < 4.78 is 0. The van der Waals surface area contributed by atoms with E-state index in [9.17, 15) is 0 Å². The molecule has 0 atom stereocenters. The Bertz CT molecular complexity index is 379. The van der Waals surface area contributed by atoms with Crippen molar-refractivity contribution in [1.82, 2.24) is 10.2 Å². The van der Waals surface area contributed by atoms with Crippen LogP contribution in [0.5, 0.6) is 0 Å². The number of benzene rings is 1. The molecule has 2 rings (SSSR count). The van der Waals surface area contributed by atoms with Crippen LogP contribution in [0.3, 0.4) is 0 Å². The standard InChI is InChI=1S/C11H10N2.C2H6/c1-9-4-6-10(7-5-9)11-3-2-8-12-13-11;1-2/h2-8H,1H3;1-2H3. The Morgan fingerprint density at radius 1 is 0.933 bits per heavy atom. The third-order valence-electron chi connectivity index (χ3n) is 1.92. The molecule has 0 fully saturated rings. The molecule has 0 bridgehead atoms. The third kappa shape index (κ3) is 3.17. The molecule has 2 heteroatoms. The van der Waals surface area contributed by atoms with Gasteiger partial charge in [-0.15, -0.1) is 0 Å². The fourth-order valence-corrected chi connectivity index (χ4v) is 1.18. The minimum Gasteiger partial charge on any atom is -0.159 e.